The maximum Gasteiger partial charge on any atom is 0.228 e. The molecule has 1 unspecified atom stereocenters. The molecule has 0 aliphatic heterocycles. The predicted molar refractivity (Wildman–Crippen MR) is 78.3 cm³/mol. The van der Waals surface area contributed by atoms with Crippen molar-refractivity contribution in [2.75, 3.05) is 7.05 Å². The van der Waals surface area contributed by atoms with Crippen LogP contribution in [0.5, 0.6) is 0 Å². The van der Waals surface area contributed by atoms with Crippen molar-refractivity contribution in [1.29, 1.82) is 0 Å². The lowest BCUT2D eigenvalue weighted by atomic mass is 9.85. The first-order chi connectivity index (χ1) is 9.40. The predicted octanol–water partition coefficient (Wildman–Crippen LogP) is 2.62. The smallest absolute Gasteiger partial charge is 0.228 e. The molecule has 0 aliphatic rings. The summed E-state index contributed by atoms with van der Waals surface area (Å²) in [5, 5.41) is 7.33. The number of aryl methyl sites for hydroxylation is 1. The van der Waals surface area contributed by atoms with Gasteiger partial charge in [-0.1, -0.05) is 32.0 Å². The Morgan fingerprint density at radius 2 is 2.00 bits per heavy atom. The highest BCUT2D eigenvalue weighted by molar-refractivity contribution is 5.47. The van der Waals surface area contributed by atoms with Gasteiger partial charge in [0.15, 0.2) is 0 Å². The molecule has 0 aromatic carbocycles. The normalized spacial score (nSPS) is 13.4. The van der Waals surface area contributed by atoms with E-state index in [-0.39, 0.29) is 11.5 Å². The molecule has 0 aliphatic carbocycles. The Kier molecular flexibility index (Phi) is 4.18. The molecule has 0 amide bonds. The summed E-state index contributed by atoms with van der Waals surface area (Å²) in [5.41, 5.74) is 1.82. The van der Waals surface area contributed by atoms with Crippen LogP contribution in [0.2, 0.25) is 0 Å². The molecule has 2 aromatic rings. The third-order valence-corrected chi connectivity index (χ3v) is 3.36. The highest BCUT2D eigenvalue weighted by atomic mass is 16.5. The molecule has 0 saturated carbocycles. The van der Waals surface area contributed by atoms with E-state index in [1.165, 1.54) is 0 Å². The molecule has 108 valence electrons. The van der Waals surface area contributed by atoms with Gasteiger partial charge in [0, 0.05) is 18.2 Å². The molecule has 1 atom stereocenters. The van der Waals surface area contributed by atoms with Crippen LogP contribution in [0.3, 0.4) is 0 Å². The first kappa shape index (κ1) is 14.7. The van der Waals surface area contributed by atoms with Crippen molar-refractivity contribution in [1.82, 2.24) is 20.4 Å². The summed E-state index contributed by atoms with van der Waals surface area (Å²) < 4.78 is 5.35. The van der Waals surface area contributed by atoms with Crippen molar-refractivity contribution in [3.63, 3.8) is 0 Å². The molecule has 5 nitrogen and oxygen atoms in total. The summed E-state index contributed by atoms with van der Waals surface area (Å²) in [7, 11) is 1.95. The Balaban J connectivity index is 2.17. The standard InChI is InChI=1S/C15H22N4O/c1-10-7-6-8-11(17-10)14-18-13(20-19-14)9-12(16-5)15(2,3)4/h6-8,12,16H,9H2,1-5H3. The molecule has 2 rings (SSSR count). The highest BCUT2D eigenvalue weighted by Crippen LogP contribution is 2.22. The van der Waals surface area contributed by atoms with Crippen LogP contribution in [-0.2, 0) is 6.42 Å². The van der Waals surface area contributed by atoms with Crippen LogP contribution < -0.4 is 5.32 Å². The number of aromatic nitrogens is 3. The zero-order chi connectivity index (χ0) is 14.8. The van der Waals surface area contributed by atoms with Gasteiger partial charge in [-0.2, -0.15) is 4.98 Å². The van der Waals surface area contributed by atoms with Gasteiger partial charge in [0.2, 0.25) is 11.7 Å². The van der Waals surface area contributed by atoms with Crippen LogP contribution in [0.4, 0.5) is 0 Å². The van der Waals surface area contributed by atoms with Crippen LogP contribution in [0, 0.1) is 12.3 Å². The number of nitrogens with one attached hydrogen (secondary N) is 1. The Morgan fingerprint density at radius 3 is 2.60 bits per heavy atom. The number of rotatable bonds is 4. The van der Waals surface area contributed by atoms with E-state index in [2.05, 4.69) is 41.2 Å². The minimum Gasteiger partial charge on any atom is -0.339 e. The molecule has 0 bridgehead atoms. The van der Waals surface area contributed by atoms with Gasteiger partial charge < -0.3 is 9.84 Å². The van der Waals surface area contributed by atoms with Crippen LogP contribution in [0.1, 0.15) is 32.4 Å². The fraction of sp³-hybridized carbons (Fsp3) is 0.533. The lowest BCUT2D eigenvalue weighted by Gasteiger charge is -2.29. The van der Waals surface area contributed by atoms with E-state index in [1.807, 2.05) is 32.2 Å². The second-order valence-corrected chi connectivity index (χ2v) is 6.09. The third kappa shape index (κ3) is 3.42. The zero-order valence-corrected chi connectivity index (χ0v) is 12.8. The van der Waals surface area contributed by atoms with Crippen molar-refractivity contribution < 1.29 is 4.52 Å². The fourth-order valence-corrected chi connectivity index (χ4v) is 2.13. The Labute approximate surface area is 119 Å². The largest absolute Gasteiger partial charge is 0.339 e. The second-order valence-electron chi connectivity index (χ2n) is 6.09. The van der Waals surface area contributed by atoms with E-state index in [4.69, 9.17) is 4.52 Å². The maximum atomic E-state index is 5.35. The van der Waals surface area contributed by atoms with E-state index >= 15 is 0 Å². The first-order valence-electron chi connectivity index (χ1n) is 6.84. The summed E-state index contributed by atoms with van der Waals surface area (Å²) in [6, 6.07) is 6.06. The van der Waals surface area contributed by atoms with Gasteiger partial charge in [-0.3, -0.25) is 0 Å². The van der Waals surface area contributed by atoms with Gasteiger partial charge >= 0.3 is 0 Å². The molecular weight excluding hydrogens is 252 g/mol. The topological polar surface area (TPSA) is 63.8 Å². The number of hydrogen-bond acceptors (Lipinski definition) is 5. The van der Waals surface area contributed by atoms with Gasteiger partial charge in [-0.15, -0.1) is 0 Å². The quantitative estimate of drug-likeness (QED) is 0.928. The monoisotopic (exact) mass is 274 g/mol. The van der Waals surface area contributed by atoms with Gasteiger partial charge in [0.1, 0.15) is 5.69 Å². The lowest BCUT2D eigenvalue weighted by molar-refractivity contribution is 0.255. The van der Waals surface area contributed by atoms with E-state index in [0.717, 1.165) is 11.4 Å². The summed E-state index contributed by atoms with van der Waals surface area (Å²) in [6.45, 7) is 8.51. The molecule has 5 heteroatoms. The van der Waals surface area contributed by atoms with Crippen LogP contribution in [-0.4, -0.2) is 28.2 Å². The Bertz CT molecular complexity index is 571. The van der Waals surface area contributed by atoms with Crippen molar-refractivity contribution >= 4 is 0 Å². The summed E-state index contributed by atoms with van der Waals surface area (Å²) in [6.07, 6.45) is 0.707. The van der Waals surface area contributed by atoms with E-state index in [9.17, 15) is 0 Å². The minimum atomic E-state index is 0.130. The molecule has 0 saturated heterocycles. The van der Waals surface area contributed by atoms with Crippen LogP contribution in [0.15, 0.2) is 22.7 Å². The van der Waals surface area contributed by atoms with Crippen molar-refractivity contribution in [3.8, 4) is 11.5 Å². The van der Waals surface area contributed by atoms with Crippen molar-refractivity contribution in [2.24, 2.45) is 5.41 Å². The summed E-state index contributed by atoms with van der Waals surface area (Å²) in [4.78, 5) is 8.85. The van der Waals surface area contributed by atoms with Gasteiger partial charge in [-0.05, 0) is 31.5 Å². The number of pyridine rings is 1. The summed E-state index contributed by atoms with van der Waals surface area (Å²) in [5.74, 6) is 1.19. The molecule has 2 heterocycles. The van der Waals surface area contributed by atoms with Crippen molar-refractivity contribution in [2.45, 2.75) is 40.2 Å². The average molecular weight is 274 g/mol. The second kappa shape index (κ2) is 5.71. The molecule has 20 heavy (non-hydrogen) atoms. The molecule has 1 N–H and O–H groups in total. The molecule has 2 aromatic heterocycles. The van der Waals surface area contributed by atoms with Gasteiger partial charge in [0.05, 0.1) is 0 Å². The van der Waals surface area contributed by atoms with E-state index < -0.39 is 0 Å². The van der Waals surface area contributed by atoms with Gasteiger partial charge in [-0.25, -0.2) is 4.98 Å². The minimum absolute atomic E-state index is 0.130. The third-order valence-electron chi connectivity index (χ3n) is 3.36. The molecule has 0 fully saturated rings. The Morgan fingerprint density at radius 1 is 1.25 bits per heavy atom. The lowest BCUT2D eigenvalue weighted by Crippen LogP contribution is -2.39. The SMILES string of the molecule is CNC(Cc1nc(-c2cccc(C)n2)no1)C(C)(C)C. The van der Waals surface area contributed by atoms with Gasteiger partial charge in [0.25, 0.3) is 0 Å². The molecule has 0 spiro atoms. The number of hydrogen-bond donors (Lipinski definition) is 1. The molecule has 0 radical (unpaired) electrons. The van der Waals surface area contributed by atoms with E-state index in [1.54, 1.807) is 0 Å². The zero-order valence-electron chi connectivity index (χ0n) is 12.8. The van der Waals surface area contributed by atoms with Crippen molar-refractivity contribution in [3.05, 3.63) is 29.8 Å². The van der Waals surface area contributed by atoms with E-state index in [0.29, 0.717) is 18.1 Å². The first-order valence-corrected chi connectivity index (χ1v) is 6.84. The maximum absolute atomic E-state index is 5.35. The van der Waals surface area contributed by atoms with Crippen LogP contribution >= 0.6 is 0 Å². The molecular formula is C15H22N4O. The fourth-order valence-electron chi connectivity index (χ4n) is 2.13. The number of nitrogens with zero attached hydrogens (tertiary/aromatic N) is 3. The average Bonchev–Trinajstić information content (AvgIpc) is 2.83. The highest BCUT2D eigenvalue weighted by Gasteiger charge is 2.25. The van der Waals surface area contributed by atoms with Crippen LogP contribution in [0.25, 0.3) is 11.5 Å². The summed E-state index contributed by atoms with van der Waals surface area (Å²) >= 11 is 0. The number of likely N-dealkylation sites (N-methyl/N-ethyl adjacent to an activating group) is 1. The Hall–Kier alpha value is -1.75.